The van der Waals surface area contributed by atoms with E-state index in [1.807, 2.05) is 84.9 Å². The number of amides is 1. The van der Waals surface area contributed by atoms with Crippen molar-refractivity contribution in [2.45, 2.75) is 51.1 Å². The van der Waals surface area contributed by atoms with Gasteiger partial charge in [-0.1, -0.05) is 84.9 Å². The monoisotopic (exact) mass is 461 g/mol. The molecule has 0 saturated heterocycles. The number of hydrogen-bond donors (Lipinski definition) is 3. The second-order valence-corrected chi connectivity index (χ2v) is 9.49. The first-order valence-electron chi connectivity index (χ1n) is 11.5. The zero-order valence-corrected chi connectivity index (χ0v) is 20.1. The summed E-state index contributed by atoms with van der Waals surface area (Å²) >= 11 is 0. The Kier molecular flexibility index (Phi) is 8.45. The number of benzene rings is 3. The topological polar surface area (TPSA) is 102 Å². The molecule has 180 valence electrons. The molecule has 0 radical (unpaired) electrons. The average Bonchev–Trinajstić information content (AvgIpc) is 2.82. The molecule has 3 aromatic rings. The summed E-state index contributed by atoms with van der Waals surface area (Å²) in [7, 11) is 0. The Balaban J connectivity index is 1.78. The molecule has 0 fully saturated rings. The van der Waals surface area contributed by atoms with Crippen LogP contribution < -0.4 is 11.5 Å². The Morgan fingerprint density at radius 2 is 1.41 bits per heavy atom. The van der Waals surface area contributed by atoms with E-state index in [1.54, 1.807) is 20.8 Å². The lowest BCUT2D eigenvalue weighted by Gasteiger charge is -2.34. The van der Waals surface area contributed by atoms with Gasteiger partial charge in [-0.25, -0.2) is 4.79 Å². The van der Waals surface area contributed by atoms with Gasteiger partial charge in [-0.3, -0.25) is 4.90 Å². The molecular formula is C28H35N3O3. The average molecular weight is 462 g/mol. The van der Waals surface area contributed by atoms with Crippen LogP contribution in [0.5, 0.6) is 0 Å². The number of aliphatic hydroxyl groups excluding tert-OH is 1. The minimum atomic E-state index is -0.984. The Morgan fingerprint density at radius 3 is 1.97 bits per heavy atom. The van der Waals surface area contributed by atoms with Gasteiger partial charge in [-0.15, -0.1) is 0 Å². The van der Waals surface area contributed by atoms with Gasteiger partial charge in [-0.2, -0.15) is 0 Å². The molecule has 6 nitrogen and oxygen atoms in total. The van der Waals surface area contributed by atoms with Gasteiger partial charge in [-0.05, 0) is 49.4 Å². The molecule has 0 aliphatic heterocycles. The maximum Gasteiger partial charge on any atom is 0.411 e. The fourth-order valence-electron chi connectivity index (χ4n) is 3.66. The summed E-state index contributed by atoms with van der Waals surface area (Å²) in [6.45, 7) is 5.33. The van der Waals surface area contributed by atoms with Crippen molar-refractivity contribution >= 4 is 6.09 Å². The summed E-state index contributed by atoms with van der Waals surface area (Å²) in [5, 5.41) is 10.9. The summed E-state index contributed by atoms with van der Waals surface area (Å²) in [5.74, 6) is 0. The highest BCUT2D eigenvalue weighted by atomic mass is 16.6. The number of nitrogens with two attached hydrogens (primary N) is 2. The second-order valence-electron chi connectivity index (χ2n) is 9.49. The third kappa shape index (κ3) is 7.15. The highest BCUT2D eigenvalue weighted by Gasteiger charge is 2.31. The number of aliphatic hydroxyl groups is 1. The molecule has 1 unspecified atom stereocenters. The van der Waals surface area contributed by atoms with Crippen LogP contribution in [0.4, 0.5) is 4.79 Å². The van der Waals surface area contributed by atoms with Crippen molar-refractivity contribution in [1.29, 1.82) is 0 Å². The smallest absolute Gasteiger partial charge is 0.411 e. The molecule has 3 atom stereocenters. The predicted molar refractivity (Wildman–Crippen MR) is 136 cm³/mol. The van der Waals surface area contributed by atoms with Crippen molar-refractivity contribution in [3.05, 3.63) is 96.1 Å². The Labute approximate surface area is 202 Å². The SMILES string of the molecule is CC(C)(C)OC(=O)N(C[C@H](O)[C@@H](N)Cc1ccccc1)C(N)c1ccc(-c2ccccc2)cc1. The summed E-state index contributed by atoms with van der Waals surface area (Å²) in [6, 6.07) is 26.9. The number of carbonyl (C=O) groups excluding carboxylic acids is 1. The molecule has 0 aliphatic rings. The molecule has 0 bridgehead atoms. The quantitative estimate of drug-likeness (QED) is 0.429. The van der Waals surface area contributed by atoms with Crippen LogP contribution in [-0.2, 0) is 11.2 Å². The molecule has 1 amide bonds. The lowest BCUT2D eigenvalue weighted by atomic mass is 10.0. The molecular weight excluding hydrogens is 426 g/mol. The van der Waals surface area contributed by atoms with Gasteiger partial charge in [0.2, 0.25) is 0 Å². The third-order valence-electron chi connectivity index (χ3n) is 5.52. The highest BCUT2D eigenvalue weighted by Crippen LogP contribution is 2.24. The molecule has 0 aromatic heterocycles. The Bertz CT molecular complexity index is 1030. The van der Waals surface area contributed by atoms with E-state index in [9.17, 15) is 9.90 Å². The minimum absolute atomic E-state index is 0.0511. The highest BCUT2D eigenvalue weighted by molar-refractivity contribution is 5.69. The first kappa shape index (κ1) is 25.4. The summed E-state index contributed by atoms with van der Waals surface area (Å²) < 4.78 is 5.59. The summed E-state index contributed by atoms with van der Waals surface area (Å²) in [6.07, 6.45) is -1.91. The van der Waals surface area contributed by atoms with Crippen LogP contribution in [0.1, 0.15) is 38.1 Å². The molecule has 0 spiro atoms. The van der Waals surface area contributed by atoms with Crippen molar-refractivity contribution in [3.8, 4) is 11.1 Å². The molecule has 0 heterocycles. The number of nitrogens with zero attached hydrogens (tertiary/aromatic N) is 1. The number of carbonyl (C=O) groups is 1. The van der Waals surface area contributed by atoms with E-state index in [4.69, 9.17) is 16.2 Å². The Hall–Kier alpha value is -3.19. The maximum absolute atomic E-state index is 13.1. The van der Waals surface area contributed by atoms with Crippen molar-refractivity contribution in [1.82, 2.24) is 4.90 Å². The third-order valence-corrected chi connectivity index (χ3v) is 5.52. The van der Waals surface area contributed by atoms with Crippen LogP contribution in [0.2, 0.25) is 0 Å². The van der Waals surface area contributed by atoms with Gasteiger partial charge in [0.1, 0.15) is 11.8 Å². The molecule has 3 rings (SSSR count). The van der Waals surface area contributed by atoms with Gasteiger partial charge >= 0.3 is 6.09 Å². The zero-order valence-electron chi connectivity index (χ0n) is 20.1. The fourth-order valence-corrected chi connectivity index (χ4v) is 3.66. The number of hydrogen-bond acceptors (Lipinski definition) is 5. The maximum atomic E-state index is 13.1. The van der Waals surface area contributed by atoms with Gasteiger partial charge in [0.05, 0.1) is 12.6 Å². The lowest BCUT2D eigenvalue weighted by Crippen LogP contribution is -2.50. The van der Waals surface area contributed by atoms with Crippen LogP contribution in [0.15, 0.2) is 84.9 Å². The van der Waals surface area contributed by atoms with E-state index in [0.29, 0.717) is 6.42 Å². The van der Waals surface area contributed by atoms with Crippen LogP contribution in [-0.4, -0.2) is 40.4 Å². The molecule has 0 aliphatic carbocycles. The molecule has 3 aromatic carbocycles. The number of ether oxygens (including phenoxy) is 1. The van der Waals surface area contributed by atoms with E-state index in [-0.39, 0.29) is 6.54 Å². The van der Waals surface area contributed by atoms with Crippen LogP contribution in [0.25, 0.3) is 11.1 Å². The number of rotatable bonds is 8. The zero-order chi connectivity index (χ0) is 24.7. The van der Waals surface area contributed by atoms with E-state index in [1.165, 1.54) is 4.90 Å². The first-order chi connectivity index (χ1) is 16.1. The minimum Gasteiger partial charge on any atom is -0.444 e. The molecule has 5 N–H and O–H groups in total. The van der Waals surface area contributed by atoms with Gasteiger partial charge in [0, 0.05) is 6.04 Å². The van der Waals surface area contributed by atoms with E-state index >= 15 is 0 Å². The predicted octanol–water partition coefficient (Wildman–Crippen LogP) is 4.48. The molecule has 0 saturated carbocycles. The van der Waals surface area contributed by atoms with Crippen LogP contribution in [0, 0.1) is 0 Å². The second kappa shape index (κ2) is 11.3. The lowest BCUT2D eigenvalue weighted by molar-refractivity contribution is 0.00120. The van der Waals surface area contributed by atoms with E-state index in [0.717, 1.165) is 22.3 Å². The van der Waals surface area contributed by atoms with Crippen molar-refractivity contribution < 1.29 is 14.6 Å². The van der Waals surface area contributed by atoms with Crippen molar-refractivity contribution in [3.63, 3.8) is 0 Å². The molecule has 34 heavy (non-hydrogen) atoms. The van der Waals surface area contributed by atoms with Gasteiger partial charge in [0.25, 0.3) is 0 Å². The summed E-state index contributed by atoms with van der Waals surface area (Å²) in [5.41, 5.74) is 16.0. The normalized spacial score (nSPS) is 14.2. The molecule has 6 heteroatoms. The standard InChI is InChI=1S/C28H35N3O3/c1-28(2,3)34-27(33)31(19-25(32)24(29)18-20-10-6-4-7-11-20)26(30)23-16-14-22(15-17-23)21-12-8-5-9-13-21/h4-17,24-26,32H,18-19,29-30H2,1-3H3/t24-,25-,26?/m0/s1. The largest absolute Gasteiger partial charge is 0.444 e. The summed E-state index contributed by atoms with van der Waals surface area (Å²) in [4.78, 5) is 14.4. The fraction of sp³-hybridized carbons (Fsp3) is 0.321. The van der Waals surface area contributed by atoms with E-state index in [2.05, 4.69) is 0 Å². The van der Waals surface area contributed by atoms with Crippen LogP contribution in [0.3, 0.4) is 0 Å². The van der Waals surface area contributed by atoms with Crippen LogP contribution >= 0.6 is 0 Å². The Morgan fingerprint density at radius 1 is 0.882 bits per heavy atom. The first-order valence-corrected chi connectivity index (χ1v) is 11.5. The van der Waals surface area contributed by atoms with E-state index < -0.39 is 30.0 Å². The van der Waals surface area contributed by atoms with Crippen molar-refractivity contribution in [2.24, 2.45) is 11.5 Å². The van der Waals surface area contributed by atoms with Gasteiger partial charge < -0.3 is 21.3 Å². The van der Waals surface area contributed by atoms with Gasteiger partial charge in [0.15, 0.2) is 0 Å². The van der Waals surface area contributed by atoms with Crippen molar-refractivity contribution in [2.75, 3.05) is 6.54 Å².